The molecule has 0 radical (unpaired) electrons. The molecule has 3 atom stereocenters. The van der Waals surface area contributed by atoms with Crippen molar-refractivity contribution >= 4 is 23.2 Å². The Morgan fingerprint density at radius 2 is 1.83 bits per heavy atom. The van der Waals surface area contributed by atoms with Crippen LogP contribution in [0.4, 0.5) is 0 Å². The first-order valence-corrected chi connectivity index (χ1v) is 11.9. The molecule has 4 rings (SSSR count). The van der Waals surface area contributed by atoms with Crippen molar-refractivity contribution in [1.82, 2.24) is 14.7 Å². The molecule has 3 saturated heterocycles. The number of thiophene rings is 1. The molecule has 160 valence electrons. The molecule has 4 heterocycles. The van der Waals surface area contributed by atoms with Gasteiger partial charge in [0, 0.05) is 51.2 Å². The summed E-state index contributed by atoms with van der Waals surface area (Å²) in [5.74, 6) is 0.483. The average Bonchev–Trinajstić information content (AvgIpc) is 3.38. The molecule has 0 saturated carbocycles. The highest BCUT2D eigenvalue weighted by Gasteiger charge is 2.37. The monoisotopic (exact) mass is 419 g/mol. The minimum atomic E-state index is 0.0607. The van der Waals surface area contributed by atoms with Crippen LogP contribution >= 0.6 is 11.3 Å². The number of likely N-dealkylation sites (tertiary alicyclic amines) is 2. The highest BCUT2D eigenvalue weighted by atomic mass is 32.1. The van der Waals surface area contributed by atoms with Crippen LogP contribution in [0.2, 0.25) is 0 Å². The summed E-state index contributed by atoms with van der Waals surface area (Å²) in [7, 11) is 0. The number of carbonyl (C=O) groups excluding carboxylic acids is 2. The van der Waals surface area contributed by atoms with E-state index >= 15 is 0 Å². The molecule has 1 aromatic heterocycles. The highest BCUT2D eigenvalue weighted by Crippen LogP contribution is 2.27. The summed E-state index contributed by atoms with van der Waals surface area (Å²) in [6.07, 6.45) is 4.28. The first-order chi connectivity index (χ1) is 14.0. The fourth-order valence-corrected chi connectivity index (χ4v) is 5.86. The van der Waals surface area contributed by atoms with E-state index in [4.69, 9.17) is 4.74 Å². The second-order valence-corrected chi connectivity index (χ2v) is 9.80. The molecular weight excluding hydrogens is 386 g/mol. The summed E-state index contributed by atoms with van der Waals surface area (Å²) >= 11 is 1.49. The van der Waals surface area contributed by atoms with Crippen molar-refractivity contribution < 1.29 is 14.3 Å². The number of carbonyl (C=O) groups is 2. The molecule has 0 aliphatic carbocycles. The zero-order valence-electron chi connectivity index (χ0n) is 17.6. The van der Waals surface area contributed by atoms with Gasteiger partial charge in [0.25, 0.3) is 5.91 Å². The summed E-state index contributed by atoms with van der Waals surface area (Å²) in [5.41, 5.74) is 0. The van der Waals surface area contributed by atoms with E-state index in [-0.39, 0.29) is 24.0 Å². The molecule has 6 nitrogen and oxygen atoms in total. The van der Waals surface area contributed by atoms with Gasteiger partial charge in [-0.2, -0.15) is 0 Å². The molecule has 3 aliphatic rings. The SMILES string of the molecule is CC1CN(CC2CCCN2C(=O)C2CCN(C(=O)c3cccs3)CC2)CC(C)O1. The molecule has 2 amide bonds. The number of ether oxygens (including phenoxy) is 1. The van der Waals surface area contributed by atoms with Crippen LogP contribution in [0.5, 0.6) is 0 Å². The smallest absolute Gasteiger partial charge is 0.263 e. The van der Waals surface area contributed by atoms with Crippen LogP contribution in [0.25, 0.3) is 0 Å². The first kappa shape index (κ1) is 20.8. The minimum absolute atomic E-state index is 0.0607. The molecule has 3 fully saturated rings. The Hall–Kier alpha value is -1.44. The number of morpholine rings is 1. The molecule has 1 aromatic rings. The molecular formula is C22H33N3O3S. The molecule has 0 aromatic carbocycles. The maximum Gasteiger partial charge on any atom is 0.263 e. The maximum atomic E-state index is 13.3. The van der Waals surface area contributed by atoms with Crippen LogP contribution < -0.4 is 0 Å². The van der Waals surface area contributed by atoms with Gasteiger partial charge in [-0.1, -0.05) is 6.07 Å². The second-order valence-electron chi connectivity index (χ2n) is 8.85. The number of piperidine rings is 1. The summed E-state index contributed by atoms with van der Waals surface area (Å²) < 4.78 is 5.85. The van der Waals surface area contributed by atoms with Crippen LogP contribution in [0.1, 0.15) is 49.2 Å². The van der Waals surface area contributed by atoms with Gasteiger partial charge in [-0.3, -0.25) is 14.5 Å². The molecule has 7 heteroatoms. The van der Waals surface area contributed by atoms with Gasteiger partial charge >= 0.3 is 0 Å². The minimum Gasteiger partial charge on any atom is -0.373 e. The van der Waals surface area contributed by atoms with Gasteiger partial charge in [-0.15, -0.1) is 11.3 Å². The first-order valence-electron chi connectivity index (χ1n) is 11.0. The lowest BCUT2D eigenvalue weighted by atomic mass is 9.94. The van der Waals surface area contributed by atoms with Gasteiger partial charge in [-0.25, -0.2) is 0 Å². The van der Waals surface area contributed by atoms with Gasteiger partial charge in [0.2, 0.25) is 5.91 Å². The van der Waals surface area contributed by atoms with E-state index in [1.165, 1.54) is 11.3 Å². The van der Waals surface area contributed by atoms with Crippen molar-refractivity contribution in [3.05, 3.63) is 22.4 Å². The Balaban J connectivity index is 1.30. The third kappa shape index (κ3) is 4.84. The van der Waals surface area contributed by atoms with Gasteiger partial charge in [0.15, 0.2) is 0 Å². The van der Waals surface area contributed by atoms with Crippen LogP contribution in [0, 0.1) is 5.92 Å². The predicted molar refractivity (Wildman–Crippen MR) is 114 cm³/mol. The molecule has 0 bridgehead atoms. The van der Waals surface area contributed by atoms with Gasteiger partial charge in [0.1, 0.15) is 0 Å². The van der Waals surface area contributed by atoms with Crippen LogP contribution in [0.15, 0.2) is 17.5 Å². The summed E-state index contributed by atoms with van der Waals surface area (Å²) in [6, 6.07) is 4.12. The van der Waals surface area contributed by atoms with Crippen molar-refractivity contribution in [3.8, 4) is 0 Å². The number of nitrogens with zero attached hydrogens (tertiary/aromatic N) is 3. The van der Waals surface area contributed by atoms with E-state index in [1.807, 2.05) is 22.4 Å². The van der Waals surface area contributed by atoms with E-state index in [9.17, 15) is 9.59 Å². The number of rotatable bonds is 4. The van der Waals surface area contributed by atoms with E-state index in [0.29, 0.717) is 25.0 Å². The van der Waals surface area contributed by atoms with Crippen molar-refractivity contribution in [2.75, 3.05) is 39.3 Å². The predicted octanol–water partition coefficient (Wildman–Crippen LogP) is 2.70. The van der Waals surface area contributed by atoms with Crippen LogP contribution in [-0.4, -0.2) is 84.0 Å². The molecule has 3 unspecified atom stereocenters. The summed E-state index contributed by atoms with van der Waals surface area (Å²) in [5, 5.41) is 1.94. The average molecular weight is 420 g/mol. The Morgan fingerprint density at radius 3 is 2.48 bits per heavy atom. The lowest BCUT2D eigenvalue weighted by Crippen LogP contribution is -2.52. The normalized spacial score (nSPS) is 29.4. The molecule has 0 N–H and O–H groups in total. The molecule has 29 heavy (non-hydrogen) atoms. The van der Waals surface area contributed by atoms with E-state index in [1.54, 1.807) is 0 Å². The number of hydrogen-bond donors (Lipinski definition) is 0. The quantitative estimate of drug-likeness (QED) is 0.753. The number of amides is 2. The van der Waals surface area contributed by atoms with E-state index in [2.05, 4.69) is 23.6 Å². The third-order valence-electron chi connectivity index (χ3n) is 6.49. The topological polar surface area (TPSA) is 53.1 Å². The van der Waals surface area contributed by atoms with Crippen molar-refractivity contribution in [2.45, 2.75) is 57.8 Å². The van der Waals surface area contributed by atoms with Crippen LogP contribution in [0.3, 0.4) is 0 Å². The zero-order chi connectivity index (χ0) is 20.4. The standard InChI is InChI=1S/C22H33N3O3S/c1-16-13-23(14-17(2)28-16)15-19-5-3-9-25(19)21(26)18-7-10-24(11-8-18)22(27)20-6-4-12-29-20/h4,6,12,16-19H,3,5,7-11,13-15H2,1-2H3. The van der Waals surface area contributed by atoms with Crippen molar-refractivity contribution in [1.29, 1.82) is 0 Å². The van der Waals surface area contributed by atoms with Crippen LogP contribution in [-0.2, 0) is 9.53 Å². The van der Waals surface area contributed by atoms with Gasteiger partial charge in [0.05, 0.1) is 17.1 Å². The summed E-state index contributed by atoms with van der Waals surface area (Å²) in [6.45, 7) is 9.37. The van der Waals surface area contributed by atoms with Crippen molar-refractivity contribution in [2.24, 2.45) is 5.92 Å². The van der Waals surface area contributed by atoms with Crippen molar-refractivity contribution in [3.63, 3.8) is 0 Å². The Kier molecular flexibility index (Phi) is 6.56. The summed E-state index contributed by atoms with van der Waals surface area (Å²) in [4.78, 5) is 33.1. The molecule has 3 aliphatic heterocycles. The van der Waals surface area contributed by atoms with E-state index in [0.717, 1.165) is 56.7 Å². The maximum absolute atomic E-state index is 13.3. The van der Waals surface area contributed by atoms with E-state index < -0.39 is 0 Å². The van der Waals surface area contributed by atoms with Gasteiger partial charge < -0.3 is 14.5 Å². The third-order valence-corrected chi connectivity index (χ3v) is 7.35. The zero-order valence-corrected chi connectivity index (χ0v) is 18.4. The Morgan fingerprint density at radius 1 is 1.10 bits per heavy atom. The Bertz CT molecular complexity index is 692. The van der Waals surface area contributed by atoms with Gasteiger partial charge in [-0.05, 0) is 51.0 Å². The fraction of sp³-hybridized carbons (Fsp3) is 0.727. The second kappa shape index (κ2) is 9.14. The highest BCUT2D eigenvalue weighted by molar-refractivity contribution is 7.12. The largest absolute Gasteiger partial charge is 0.373 e. The lowest BCUT2D eigenvalue weighted by molar-refractivity contribution is -0.138. The lowest BCUT2D eigenvalue weighted by Gasteiger charge is -2.39. The fourth-order valence-electron chi connectivity index (χ4n) is 5.17. The Labute approximate surface area is 177 Å². The molecule has 0 spiro atoms. The number of hydrogen-bond acceptors (Lipinski definition) is 5.